The van der Waals surface area contributed by atoms with Gasteiger partial charge in [-0.1, -0.05) is 29.3 Å². The van der Waals surface area contributed by atoms with E-state index in [1.165, 1.54) is 45.2 Å². The third-order valence-corrected chi connectivity index (χ3v) is 5.02. The predicted octanol–water partition coefficient (Wildman–Crippen LogP) is 3.28. The van der Waals surface area contributed by atoms with Gasteiger partial charge in [0, 0.05) is 17.9 Å². The molecule has 82 valence electrons. The molecule has 1 saturated carbocycles. The van der Waals surface area contributed by atoms with E-state index in [1.807, 2.05) is 0 Å². The van der Waals surface area contributed by atoms with Crippen LogP contribution < -0.4 is 0 Å². The molecule has 2 rings (SSSR count). The zero-order valence-electron chi connectivity index (χ0n) is 9.21. The Labute approximate surface area is 96.4 Å². The molecule has 0 spiro atoms. The summed E-state index contributed by atoms with van der Waals surface area (Å²) in [6.07, 6.45) is 7.40. The fourth-order valence-electron chi connectivity index (χ4n) is 3.23. The Balaban J connectivity index is 1.90. The quantitative estimate of drug-likeness (QED) is 0.704. The Morgan fingerprint density at radius 3 is 2.86 bits per heavy atom. The second kappa shape index (κ2) is 4.98. The molecule has 0 N–H and O–H groups in total. The van der Waals surface area contributed by atoms with Crippen molar-refractivity contribution in [1.82, 2.24) is 4.90 Å². The van der Waals surface area contributed by atoms with Crippen molar-refractivity contribution in [3.8, 4) is 0 Å². The molecule has 0 radical (unpaired) electrons. The maximum absolute atomic E-state index is 3.59. The van der Waals surface area contributed by atoms with Gasteiger partial charge in [-0.05, 0) is 44.1 Å². The fraction of sp³-hybridized carbons (Fsp3) is 1.00. The number of halogens is 1. The van der Waals surface area contributed by atoms with Gasteiger partial charge in [-0.3, -0.25) is 4.90 Å². The third kappa shape index (κ3) is 2.33. The molecule has 1 saturated heterocycles. The van der Waals surface area contributed by atoms with E-state index < -0.39 is 0 Å². The second-order valence-corrected chi connectivity index (χ2v) is 5.80. The standard InChI is InChI=1S/C12H22BrN/c1-10(8-13)9-14-7-3-5-11-4-2-6-12(11)14/h10-12H,2-9H2,1H3. The summed E-state index contributed by atoms with van der Waals surface area (Å²) in [5.41, 5.74) is 0. The number of alkyl halides is 1. The highest BCUT2D eigenvalue weighted by atomic mass is 79.9. The summed E-state index contributed by atoms with van der Waals surface area (Å²) in [5.74, 6) is 1.86. The number of hydrogen-bond donors (Lipinski definition) is 0. The first-order valence-corrected chi connectivity index (χ1v) is 7.23. The van der Waals surface area contributed by atoms with Crippen molar-refractivity contribution in [1.29, 1.82) is 0 Å². The molecular weight excluding hydrogens is 238 g/mol. The van der Waals surface area contributed by atoms with Gasteiger partial charge in [0.25, 0.3) is 0 Å². The average molecular weight is 260 g/mol. The monoisotopic (exact) mass is 259 g/mol. The van der Waals surface area contributed by atoms with Gasteiger partial charge in [-0.25, -0.2) is 0 Å². The lowest BCUT2D eigenvalue weighted by atomic mass is 9.91. The van der Waals surface area contributed by atoms with Crippen molar-refractivity contribution in [3.05, 3.63) is 0 Å². The van der Waals surface area contributed by atoms with Crippen LogP contribution in [-0.4, -0.2) is 29.4 Å². The van der Waals surface area contributed by atoms with Gasteiger partial charge in [0.2, 0.25) is 0 Å². The summed E-state index contributed by atoms with van der Waals surface area (Å²) in [4.78, 5) is 2.77. The number of hydrogen-bond acceptors (Lipinski definition) is 1. The summed E-state index contributed by atoms with van der Waals surface area (Å²) in [7, 11) is 0. The van der Waals surface area contributed by atoms with Crippen LogP contribution in [0.3, 0.4) is 0 Å². The van der Waals surface area contributed by atoms with Crippen LogP contribution in [0.5, 0.6) is 0 Å². The smallest absolute Gasteiger partial charge is 0.0124 e. The zero-order valence-corrected chi connectivity index (χ0v) is 10.8. The topological polar surface area (TPSA) is 3.24 Å². The summed E-state index contributed by atoms with van der Waals surface area (Å²) in [6.45, 7) is 5.03. The first-order chi connectivity index (χ1) is 6.81. The largest absolute Gasteiger partial charge is 0.300 e. The van der Waals surface area contributed by atoms with E-state index >= 15 is 0 Å². The number of likely N-dealkylation sites (tertiary alicyclic amines) is 1. The molecule has 2 fully saturated rings. The minimum Gasteiger partial charge on any atom is -0.300 e. The molecule has 1 heterocycles. The molecule has 14 heavy (non-hydrogen) atoms. The maximum atomic E-state index is 3.59. The van der Waals surface area contributed by atoms with Crippen molar-refractivity contribution in [2.75, 3.05) is 18.4 Å². The minimum absolute atomic E-state index is 0.814. The van der Waals surface area contributed by atoms with Crippen LogP contribution in [0, 0.1) is 11.8 Å². The molecule has 2 heteroatoms. The van der Waals surface area contributed by atoms with Gasteiger partial charge < -0.3 is 0 Å². The normalized spacial score (nSPS) is 35.6. The highest BCUT2D eigenvalue weighted by Crippen LogP contribution is 2.36. The molecule has 0 aromatic carbocycles. The van der Waals surface area contributed by atoms with Gasteiger partial charge in [0.05, 0.1) is 0 Å². The SMILES string of the molecule is CC(CBr)CN1CCCC2CCCC21. The summed E-state index contributed by atoms with van der Waals surface area (Å²) < 4.78 is 0. The summed E-state index contributed by atoms with van der Waals surface area (Å²) in [5, 5.41) is 1.15. The number of nitrogens with zero attached hydrogens (tertiary/aromatic N) is 1. The average Bonchev–Trinajstić information content (AvgIpc) is 2.66. The second-order valence-electron chi connectivity index (χ2n) is 5.15. The Kier molecular flexibility index (Phi) is 3.89. The van der Waals surface area contributed by atoms with Gasteiger partial charge in [-0.2, -0.15) is 0 Å². The Bertz CT molecular complexity index is 183. The van der Waals surface area contributed by atoms with E-state index in [1.54, 1.807) is 0 Å². The highest BCUT2D eigenvalue weighted by molar-refractivity contribution is 9.09. The number of piperidine rings is 1. The van der Waals surface area contributed by atoms with Crippen LogP contribution in [0.15, 0.2) is 0 Å². The van der Waals surface area contributed by atoms with Crippen molar-refractivity contribution >= 4 is 15.9 Å². The fourth-order valence-corrected chi connectivity index (χ4v) is 3.44. The van der Waals surface area contributed by atoms with E-state index in [2.05, 4.69) is 27.8 Å². The van der Waals surface area contributed by atoms with E-state index in [0.717, 1.165) is 23.2 Å². The minimum atomic E-state index is 0.814. The first-order valence-electron chi connectivity index (χ1n) is 6.11. The van der Waals surface area contributed by atoms with Gasteiger partial charge in [0.15, 0.2) is 0 Å². The Hall–Kier alpha value is 0.440. The molecule has 1 nitrogen and oxygen atoms in total. The molecular formula is C12H22BrN. The van der Waals surface area contributed by atoms with Crippen LogP contribution in [0.2, 0.25) is 0 Å². The van der Waals surface area contributed by atoms with Crippen LogP contribution in [-0.2, 0) is 0 Å². The lowest BCUT2D eigenvalue weighted by Crippen LogP contribution is -2.44. The summed E-state index contributed by atoms with van der Waals surface area (Å²) >= 11 is 3.59. The molecule has 2 aliphatic rings. The molecule has 0 amide bonds. The molecule has 3 unspecified atom stereocenters. The van der Waals surface area contributed by atoms with Crippen LogP contribution >= 0.6 is 15.9 Å². The Morgan fingerprint density at radius 2 is 2.07 bits per heavy atom. The van der Waals surface area contributed by atoms with Crippen LogP contribution in [0.1, 0.15) is 39.0 Å². The van der Waals surface area contributed by atoms with Crippen molar-refractivity contribution < 1.29 is 0 Å². The van der Waals surface area contributed by atoms with Crippen LogP contribution in [0.25, 0.3) is 0 Å². The number of rotatable bonds is 3. The van der Waals surface area contributed by atoms with Gasteiger partial charge >= 0.3 is 0 Å². The molecule has 0 bridgehead atoms. The summed E-state index contributed by atoms with van der Waals surface area (Å²) in [6, 6.07) is 0.949. The lowest BCUT2D eigenvalue weighted by molar-refractivity contribution is 0.101. The highest BCUT2D eigenvalue weighted by Gasteiger charge is 2.34. The Morgan fingerprint density at radius 1 is 1.29 bits per heavy atom. The van der Waals surface area contributed by atoms with E-state index in [9.17, 15) is 0 Å². The molecule has 1 aliphatic carbocycles. The third-order valence-electron chi connectivity index (χ3n) is 3.92. The van der Waals surface area contributed by atoms with E-state index in [0.29, 0.717) is 0 Å². The van der Waals surface area contributed by atoms with Gasteiger partial charge in [-0.15, -0.1) is 0 Å². The first kappa shape index (κ1) is 10.9. The van der Waals surface area contributed by atoms with Crippen molar-refractivity contribution in [2.45, 2.75) is 45.1 Å². The van der Waals surface area contributed by atoms with E-state index in [4.69, 9.17) is 0 Å². The predicted molar refractivity (Wildman–Crippen MR) is 64.9 cm³/mol. The van der Waals surface area contributed by atoms with Gasteiger partial charge in [0.1, 0.15) is 0 Å². The van der Waals surface area contributed by atoms with Crippen molar-refractivity contribution in [2.24, 2.45) is 11.8 Å². The molecule has 3 atom stereocenters. The number of fused-ring (bicyclic) bond motifs is 1. The molecule has 0 aromatic heterocycles. The van der Waals surface area contributed by atoms with Crippen LogP contribution in [0.4, 0.5) is 0 Å². The van der Waals surface area contributed by atoms with Crippen molar-refractivity contribution in [3.63, 3.8) is 0 Å². The molecule has 0 aromatic rings. The molecule has 1 aliphatic heterocycles. The maximum Gasteiger partial charge on any atom is 0.0124 e. The van der Waals surface area contributed by atoms with E-state index in [-0.39, 0.29) is 0 Å². The lowest BCUT2D eigenvalue weighted by Gasteiger charge is -2.39. The zero-order chi connectivity index (χ0) is 9.97.